The molecule has 0 atom stereocenters. The van der Waals surface area contributed by atoms with Crippen LogP contribution in [0.5, 0.6) is 0 Å². The van der Waals surface area contributed by atoms with Crippen LogP contribution in [-0.2, 0) is 9.53 Å². The number of anilines is 3. The van der Waals surface area contributed by atoms with E-state index in [1.54, 1.807) is 56.4 Å². The molecule has 0 aromatic heterocycles. The molecule has 6 nitrogen and oxygen atoms in total. The van der Waals surface area contributed by atoms with Crippen molar-refractivity contribution < 1.29 is 14.3 Å². The summed E-state index contributed by atoms with van der Waals surface area (Å²) in [4.78, 5) is 26.3. The molecule has 26 heavy (non-hydrogen) atoms. The monoisotopic (exact) mass is 375 g/mol. The molecule has 138 valence electrons. The van der Waals surface area contributed by atoms with Gasteiger partial charge in [0.2, 0.25) is 0 Å². The predicted octanol–water partition coefficient (Wildman–Crippen LogP) is 3.56. The molecule has 0 aliphatic carbocycles. The molecule has 0 spiro atoms. The predicted molar refractivity (Wildman–Crippen MR) is 105 cm³/mol. The van der Waals surface area contributed by atoms with E-state index >= 15 is 0 Å². The number of amides is 1. The minimum absolute atomic E-state index is 0.0795. The normalized spacial score (nSPS) is 10.3. The Bertz CT molecular complexity index is 795. The fraction of sp³-hybridized carbons (Fsp3) is 0.263. The van der Waals surface area contributed by atoms with Gasteiger partial charge in [-0.1, -0.05) is 17.7 Å². The van der Waals surface area contributed by atoms with E-state index in [0.717, 1.165) is 5.69 Å². The van der Waals surface area contributed by atoms with Gasteiger partial charge in [-0.05, 0) is 43.3 Å². The van der Waals surface area contributed by atoms with Crippen molar-refractivity contribution in [2.75, 3.05) is 36.1 Å². The van der Waals surface area contributed by atoms with Crippen molar-refractivity contribution >= 4 is 40.5 Å². The lowest BCUT2D eigenvalue weighted by Gasteiger charge is -2.23. The van der Waals surface area contributed by atoms with Crippen LogP contribution in [0.15, 0.2) is 42.5 Å². The molecular formula is C19H22ClN3O3. The molecule has 1 amide bonds. The van der Waals surface area contributed by atoms with E-state index in [1.165, 1.54) is 4.90 Å². The van der Waals surface area contributed by atoms with Crippen LogP contribution in [0.25, 0.3) is 0 Å². The first-order valence-electron chi connectivity index (χ1n) is 8.26. The fourth-order valence-electron chi connectivity index (χ4n) is 2.51. The van der Waals surface area contributed by atoms with Crippen molar-refractivity contribution in [3.63, 3.8) is 0 Å². The van der Waals surface area contributed by atoms with Gasteiger partial charge in [0.05, 0.1) is 24.4 Å². The van der Waals surface area contributed by atoms with Gasteiger partial charge in [-0.25, -0.2) is 0 Å². The lowest BCUT2D eigenvalue weighted by atomic mass is 10.1. The van der Waals surface area contributed by atoms with Gasteiger partial charge in [0, 0.05) is 29.9 Å². The topological polar surface area (TPSA) is 84.7 Å². The van der Waals surface area contributed by atoms with Crippen LogP contribution >= 0.6 is 11.6 Å². The standard InChI is InChI=1S/C19H22ClN3O3/c1-3-26-18(24)9-10-23(15-6-4-5-14(20)12-15)19(25)13-7-8-17(22-2)16(21)11-13/h4-8,11-12,22H,3,9-10,21H2,1-2H3. The van der Waals surface area contributed by atoms with Gasteiger partial charge in [-0.15, -0.1) is 0 Å². The second-order valence-electron chi connectivity index (χ2n) is 5.54. The Kier molecular flexibility index (Phi) is 6.86. The molecule has 0 radical (unpaired) electrons. The fourth-order valence-corrected chi connectivity index (χ4v) is 2.69. The molecule has 0 aliphatic rings. The Labute approximate surface area is 157 Å². The third-order valence-electron chi connectivity index (χ3n) is 3.78. The van der Waals surface area contributed by atoms with E-state index in [9.17, 15) is 9.59 Å². The average Bonchev–Trinajstić information content (AvgIpc) is 2.62. The van der Waals surface area contributed by atoms with Crippen LogP contribution in [-0.4, -0.2) is 32.1 Å². The molecule has 0 heterocycles. The summed E-state index contributed by atoms with van der Waals surface area (Å²) in [7, 11) is 1.75. The quantitative estimate of drug-likeness (QED) is 0.571. The van der Waals surface area contributed by atoms with Crippen LogP contribution in [0.3, 0.4) is 0 Å². The van der Waals surface area contributed by atoms with Crippen LogP contribution < -0.4 is 16.0 Å². The lowest BCUT2D eigenvalue weighted by Crippen LogP contribution is -2.33. The zero-order valence-electron chi connectivity index (χ0n) is 14.8. The van der Waals surface area contributed by atoms with Gasteiger partial charge < -0.3 is 20.7 Å². The largest absolute Gasteiger partial charge is 0.466 e. The van der Waals surface area contributed by atoms with Crippen LogP contribution in [0.1, 0.15) is 23.7 Å². The molecule has 2 rings (SSSR count). The number of nitrogens with zero attached hydrogens (tertiary/aromatic N) is 1. The maximum Gasteiger partial charge on any atom is 0.307 e. The first-order valence-corrected chi connectivity index (χ1v) is 8.64. The number of benzene rings is 2. The second kappa shape index (κ2) is 9.10. The van der Waals surface area contributed by atoms with E-state index in [4.69, 9.17) is 22.1 Å². The molecular weight excluding hydrogens is 354 g/mol. The highest BCUT2D eigenvalue weighted by Gasteiger charge is 2.20. The van der Waals surface area contributed by atoms with Gasteiger partial charge in [-0.2, -0.15) is 0 Å². The summed E-state index contributed by atoms with van der Waals surface area (Å²) in [6.45, 7) is 2.21. The zero-order chi connectivity index (χ0) is 19.1. The van der Waals surface area contributed by atoms with Crippen molar-refractivity contribution in [2.45, 2.75) is 13.3 Å². The molecule has 0 unspecified atom stereocenters. The number of hydrogen-bond donors (Lipinski definition) is 2. The molecule has 2 aromatic carbocycles. The average molecular weight is 376 g/mol. The summed E-state index contributed by atoms with van der Waals surface area (Å²) in [6, 6.07) is 11.9. The number of halogens is 1. The van der Waals surface area contributed by atoms with Gasteiger partial charge in [0.15, 0.2) is 0 Å². The lowest BCUT2D eigenvalue weighted by molar-refractivity contribution is -0.142. The van der Waals surface area contributed by atoms with Crippen molar-refractivity contribution in [1.82, 2.24) is 0 Å². The van der Waals surface area contributed by atoms with Crippen molar-refractivity contribution in [1.29, 1.82) is 0 Å². The van der Waals surface area contributed by atoms with Crippen molar-refractivity contribution in [3.05, 3.63) is 53.1 Å². The van der Waals surface area contributed by atoms with E-state index in [2.05, 4.69) is 5.32 Å². The summed E-state index contributed by atoms with van der Waals surface area (Å²) < 4.78 is 4.96. The Morgan fingerprint density at radius 1 is 1.23 bits per heavy atom. The molecule has 0 fully saturated rings. The summed E-state index contributed by atoms with van der Waals surface area (Å²) in [5.74, 6) is -0.636. The number of rotatable bonds is 7. The smallest absolute Gasteiger partial charge is 0.307 e. The molecule has 0 aliphatic heterocycles. The Hall–Kier alpha value is -2.73. The summed E-state index contributed by atoms with van der Waals surface area (Å²) >= 11 is 6.06. The molecule has 3 N–H and O–H groups in total. The maximum absolute atomic E-state index is 13.0. The highest BCUT2D eigenvalue weighted by atomic mass is 35.5. The number of hydrogen-bond acceptors (Lipinski definition) is 5. The minimum atomic E-state index is -0.364. The van der Waals surface area contributed by atoms with Gasteiger partial charge in [0.1, 0.15) is 0 Å². The second-order valence-corrected chi connectivity index (χ2v) is 5.98. The third kappa shape index (κ3) is 4.89. The van der Waals surface area contributed by atoms with Crippen LogP contribution in [0.4, 0.5) is 17.1 Å². The minimum Gasteiger partial charge on any atom is -0.466 e. The molecule has 2 aromatic rings. The third-order valence-corrected chi connectivity index (χ3v) is 4.01. The molecule has 0 saturated carbocycles. The van der Waals surface area contributed by atoms with Crippen molar-refractivity contribution in [3.8, 4) is 0 Å². The number of esters is 1. The summed E-state index contributed by atoms with van der Waals surface area (Å²) in [5.41, 5.74) is 8.19. The van der Waals surface area contributed by atoms with Crippen molar-refractivity contribution in [2.24, 2.45) is 0 Å². The first-order chi connectivity index (χ1) is 12.5. The molecule has 0 bridgehead atoms. The summed E-state index contributed by atoms with van der Waals surface area (Å²) in [6.07, 6.45) is 0.0795. The van der Waals surface area contributed by atoms with E-state index in [1.807, 2.05) is 0 Å². The number of nitrogens with two attached hydrogens (primary N) is 1. The highest BCUT2D eigenvalue weighted by molar-refractivity contribution is 6.31. The number of nitrogens with one attached hydrogen (secondary N) is 1. The van der Waals surface area contributed by atoms with Crippen LogP contribution in [0.2, 0.25) is 5.02 Å². The molecule has 7 heteroatoms. The highest BCUT2D eigenvalue weighted by Crippen LogP contribution is 2.24. The SMILES string of the molecule is CCOC(=O)CCN(C(=O)c1ccc(NC)c(N)c1)c1cccc(Cl)c1. The summed E-state index contributed by atoms with van der Waals surface area (Å²) in [5, 5.41) is 3.46. The van der Waals surface area contributed by atoms with Crippen LogP contribution in [0, 0.1) is 0 Å². The van der Waals surface area contributed by atoms with E-state index < -0.39 is 0 Å². The number of nitrogen functional groups attached to an aromatic ring is 1. The zero-order valence-corrected chi connectivity index (χ0v) is 15.5. The molecule has 0 saturated heterocycles. The Balaban J connectivity index is 2.31. The Morgan fingerprint density at radius 3 is 2.62 bits per heavy atom. The number of ether oxygens (including phenoxy) is 1. The first kappa shape index (κ1) is 19.6. The van der Waals surface area contributed by atoms with Gasteiger partial charge >= 0.3 is 5.97 Å². The van der Waals surface area contributed by atoms with Gasteiger partial charge in [-0.3, -0.25) is 9.59 Å². The van der Waals surface area contributed by atoms with Gasteiger partial charge in [0.25, 0.3) is 5.91 Å². The maximum atomic E-state index is 13.0. The van der Waals surface area contributed by atoms with E-state index in [0.29, 0.717) is 28.6 Å². The Morgan fingerprint density at radius 2 is 2.00 bits per heavy atom. The van der Waals surface area contributed by atoms with E-state index in [-0.39, 0.29) is 24.8 Å². The number of carbonyl (C=O) groups excluding carboxylic acids is 2. The number of carbonyl (C=O) groups is 2.